The lowest BCUT2D eigenvalue weighted by Crippen LogP contribution is -2.19. The SMILES string of the molecule is CCOc1ccc(-c2nc(C(=O)Nc3c(Cl)cncc3Cl)c(C(C)OC(N)=O)o2)cc1OCC. The van der Waals surface area contributed by atoms with Crippen LogP contribution in [0.5, 0.6) is 11.5 Å². The van der Waals surface area contributed by atoms with Gasteiger partial charge in [-0.25, -0.2) is 9.78 Å². The number of aromatic nitrogens is 2. The van der Waals surface area contributed by atoms with E-state index >= 15 is 0 Å². The van der Waals surface area contributed by atoms with Gasteiger partial charge in [0.1, 0.15) is 0 Å². The van der Waals surface area contributed by atoms with Crippen LogP contribution in [0.4, 0.5) is 10.5 Å². The maximum atomic E-state index is 13.1. The molecule has 3 N–H and O–H groups in total. The second-order valence-electron chi connectivity index (χ2n) is 6.77. The van der Waals surface area contributed by atoms with Crippen LogP contribution in [0, 0.1) is 0 Å². The first kappa shape index (κ1) is 25.1. The first-order chi connectivity index (χ1) is 16.2. The van der Waals surface area contributed by atoms with Crippen LogP contribution in [0.3, 0.4) is 0 Å². The van der Waals surface area contributed by atoms with E-state index in [0.29, 0.717) is 30.3 Å². The van der Waals surface area contributed by atoms with Crippen molar-refractivity contribution in [3.05, 3.63) is 52.1 Å². The highest BCUT2D eigenvalue weighted by Crippen LogP contribution is 2.35. The third-order valence-electron chi connectivity index (χ3n) is 4.41. The minimum atomic E-state index is -1.04. The number of benzene rings is 1. The number of nitrogens with one attached hydrogen (secondary N) is 1. The minimum absolute atomic E-state index is 0.0283. The number of amides is 2. The maximum absolute atomic E-state index is 13.1. The van der Waals surface area contributed by atoms with Crippen molar-refractivity contribution in [2.45, 2.75) is 26.9 Å². The van der Waals surface area contributed by atoms with Crippen LogP contribution in [0.15, 0.2) is 35.0 Å². The topological polar surface area (TPSA) is 139 Å². The molecule has 0 aliphatic heterocycles. The van der Waals surface area contributed by atoms with Crippen molar-refractivity contribution in [3.63, 3.8) is 0 Å². The predicted octanol–water partition coefficient (Wildman–Crippen LogP) is 5.25. The lowest BCUT2D eigenvalue weighted by molar-refractivity contribution is 0.0956. The summed E-state index contributed by atoms with van der Waals surface area (Å²) in [4.78, 5) is 32.6. The van der Waals surface area contributed by atoms with Gasteiger partial charge in [-0.1, -0.05) is 23.2 Å². The van der Waals surface area contributed by atoms with E-state index in [1.165, 1.54) is 19.3 Å². The van der Waals surface area contributed by atoms with Gasteiger partial charge in [-0.3, -0.25) is 9.78 Å². The van der Waals surface area contributed by atoms with Gasteiger partial charge in [0.15, 0.2) is 29.1 Å². The van der Waals surface area contributed by atoms with Gasteiger partial charge >= 0.3 is 6.09 Å². The Kier molecular flexibility index (Phi) is 8.19. The van der Waals surface area contributed by atoms with Crippen LogP contribution in [-0.4, -0.2) is 35.2 Å². The summed E-state index contributed by atoms with van der Waals surface area (Å²) in [5.74, 6) is 0.376. The number of hydrogen-bond acceptors (Lipinski definition) is 8. The third-order valence-corrected chi connectivity index (χ3v) is 4.99. The Labute approximate surface area is 205 Å². The van der Waals surface area contributed by atoms with Gasteiger partial charge in [0.05, 0.1) is 28.9 Å². The van der Waals surface area contributed by atoms with Gasteiger partial charge in [-0.2, -0.15) is 0 Å². The molecular formula is C22H22Cl2N4O6. The Bertz CT molecular complexity index is 1180. The molecule has 12 heteroatoms. The Morgan fingerprint density at radius 3 is 2.38 bits per heavy atom. The molecule has 1 atom stereocenters. The summed E-state index contributed by atoms with van der Waals surface area (Å²) in [5, 5.41) is 2.83. The standard InChI is InChI=1S/C22H22Cl2N4O6/c1-4-31-15-7-6-12(8-16(15)32-5-2)21-28-18(19(34-21)11(3)33-22(25)30)20(29)27-17-13(23)9-26-10-14(17)24/h6-11H,4-5H2,1-3H3,(H2,25,30)(H,26,27,29). The van der Waals surface area contributed by atoms with Gasteiger partial charge in [0.2, 0.25) is 5.89 Å². The number of nitrogens with zero attached hydrogens (tertiary/aromatic N) is 2. The molecule has 0 saturated heterocycles. The van der Waals surface area contributed by atoms with Crippen LogP contribution in [0.1, 0.15) is 43.1 Å². The van der Waals surface area contributed by atoms with Crippen molar-refractivity contribution in [2.24, 2.45) is 5.73 Å². The molecule has 10 nitrogen and oxygen atoms in total. The number of carbonyl (C=O) groups is 2. The molecule has 2 heterocycles. The normalized spacial score (nSPS) is 11.6. The van der Waals surface area contributed by atoms with Crippen LogP contribution in [0.2, 0.25) is 10.0 Å². The molecule has 0 spiro atoms. The highest BCUT2D eigenvalue weighted by Gasteiger charge is 2.28. The fourth-order valence-corrected chi connectivity index (χ4v) is 3.47. The lowest BCUT2D eigenvalue weighted by Gasteiger charge is -2.11. The first-order valence-corrected chi connectivity index (χ1v) is 11.0. The molecule has 3 rings (SSSR count). The van der Waals surface area contributed by atoms with E-state index in [0.717, 1.165) is 0 Å². The third kappa shape index (κ3) is 5.70. The molecule has 0 aliphatic carbocycles. The zero-order valence-electron chi connectivity index (χ0n) is 18.6. The first-order valence-electron chi connectivity index (χ1n) is 10.2. The lowest BCUT2D eigenvalue weighted by atomic mass is 10.2. The molecule has 0 fully saturated rings. The molecule has 0 radical (unpaired) electrons. The zero-order chi connectivity index (χ0) is 24.8. The number of rotatable bonds is 9. The van der Waals surface area contributed by atoms with E-state index < -0.39 is 18.1 Å². The number of anilines is 1. The minimum Gasteiger partial charge on any atom is -0.490 e. The van der Waals surface area contributed by atoms with Crippen molar-refractivity contribution in [1.29, 1.82) is 0 Å². The van der Waals surface area contributed by atoms with Crippen LogP contribution >= 0.6 is 23.2 Å². The molecule has 2 amide bonds. The summed E-state index contributed by atoms with van der Waals surface area (Å²) < 4.78 is 22.1. The number of oxazole rings is 1. The largest absolute Gasteiger partial charge is 0.490 e. The van der Waals surface area contributed by atoms with Crippen molar-refractivity contribution < 1.29 is 28.2 Å². The fourth-order valence-electron chi connectivity index (χ4n) is 3.01. The molecule has 34 heavy (non-hydrogen) atoms. The fraction of sp³-hybridized carbons (Fsp3) is 0.273. The van der Waals surface area contributed by atoms with E-state index in [2.05, 4.69) is 15.3 Å². The number of pyridine rings is 1. The highest BCUT2D eigenvalue weighted by molar-refractivity contribution is 6.39. The monoisotopic (exact) mass is 508 g/mol. The van der Waals surface area contributed by atoms with Crippen molar-refractivity contribution in [1.82, 2.24) is 9.97 Å². The van der Waals surface area contributed by atoms with Crippen molar-refractivity contribution in [3.8, 4) is 23.0 Å². The second-order valence-corrected chi connectivity index (χ2v) is 7.59. The van der Waals surface area contributed by atoms with E-state index in [4.69, 9.17) is 47.6 Å². The van der Waals surface area contributed by atoms with Gasteiger partial charge in [0, 0.05) is 18.0 Å². The summed E-state index contributed by atoms with van der Waals surface area (Å²) in [6.45, 7) is 6.05. The van der Waals surface area contributed by atoms with Gasteiger partial charge in [-0.05, 0) is 39.0 Å². The Balaban J connectivity index is 2.04. The molecule has 180 valence electrons. The molecule has 3 aromatic rings. The van der Waals surface area contributed by atoms with Gasteiger partial charge in [-0.15, -0.1) is 0 Å². The Hall–Kier alpha value is -3.50. The highest BCUT2D eigenvalue weighted by atomic mass is 35.5. The number of primary amides is 1. The molecule has 2 aromatic heterocycles. The molecule has 1 unspecified atom stereocenters. The van der Waals surface area contributed by atoms with Crippen molar-refractivity contribution >= 4 is 40.9 Å². The summed E-state index contributed by atoms with van der Waals surface area (Å²) >= 11 is 12.2. The summed E-state index contributed by atoms with van der Waals surface area (Å²) in [7, 11) is 0. The Morgan fingerprint density at radius 1 is 1.12 bits per heavy atom. The van der Waals surface area contributed by atoms with Crippen LogP contribution in [-0.2, 0) is 4.74 Å². The number of carbonyl (C=O) groups excluding carboxylic acids is 2. The molecule has 0 bridgehead atoms. The van der Waals surface area contributed by atoms with Crippen LogP contribution in [0.25, 0.3) is 11.5 Å². The maximum Gasteiger partial charge on any atom is 0.405 e. The van der Waals surface area contributed by atoms with E-state index in [1.807, 2.05) is 13.8 Å². The summed E-state index contributed by atoms with van der Waals surface area (Å²) in [6.07, 6.45) is 0.590. The van der Waals surface area contributed by atoms with Crippen LogP contribution < -0.4 is 20.5 Å². The van der Waals surface area contributed by atoms with E-state index in [-0.39, 0.29) is 33.1 Å². The number of halogens is 2. The zero-order valence-corrected chi connectivity index (χ0v) is 20.1. The number of nitrogens with two attached hydrogens (primary N) is 1. The molecule has 1 aromatic carbocycles. The number of hydrogen-bond donors (Lipinski definition) is 2. The molecular weight excluding hydrogens is 487 g/mol. The molecule has 0 aliphatic rings. The van der Waals surface area contributed by atoms with Gasteiger partial charge < -0.3 is 29.7 Å². The van der Waals surface area contributed by atoms with Crippen molar-refractivity contribution in [2.75, 3.05) is 18.5 Å². The predicted molar refractivity (Wildman–Crippen MR) is 126 cm³/mol. The average molecular weight is 509 g/mol. The van der Waals surface area contributed by atoms with Gasteiger partial charge in [0.25, 0.3) is 5.91 Å². The Morgan fingerprint density at radius 2 is 1.76 bits per heavy atom. The summed E-state index contributed by atoms with van der Waals surface area (Å²) in [5.41, 5.74) is 5.63. The average Bonchev–Trinajstić information content (AvgIpc) is 3.23. The quantitative estimate of drug-likeness (QED) is 0.399. The smallest absolute Gasteiger partial charge is 0.405 e. The summed E-state index contributed by atoms with van der Waals surface area (Å²) in [6, 6.07) is 5.07. The van der Waals surface area contributed by atoms with E-state index in [1.54, 1.807) is 18.2 Å². The second kappa shape index (κ2) is 11.1. The van der Waals surface area contributed by atoms with E-state index in [9.17, 15) is 9.59 Å². The number of ether oxygens (including phenoxy) is 3. The molecule has 0 saturated carbocycles.